The van der Waals surface area contributed by atoms with Gasteiger partial charge in [-0.05, 0) is 24.6 Å². The van der Waals surface area contributed by atoms with Crippen molar-refractivity contribution >= 4 is 11.9 Å². The number of rotatable bonds is 4. The Morgan fingerprint density at radius 2 is 2.16 bits per heavy atom. The van der Waals surface area contributed by atoms with E-state index in [0.717, 1.165) is 18.5 Å². The normalized spacial score (nSPS) is 19.3. The molecule has 0 radical (unpaired) electrons. The average molecular weight is 262 g/mol. The first kappa shape index (κ1) is 13.5. The standard InChI is InChI=1S/C14H18N2O3/c1-19-14(18)12-5-3-2-4-10(12)8-16-7-6-11(9-16)13(15)17/h2-5,11H,6-9H2,1H3,(H2,15,17). The number of primary amides is 1. The van der Waals surface area contributed by atoms with Crippen molar-refractivity contribution in [2.24, 2.45) is 11.7 Å². The highest BCUT2D eigenvalue weighted by Gasteiger charge is 2.27. The summed E-state index contributed by atoms with van der Waals surface area (Å²) < 4.78 is 4.77. The molecule has 102 valence electrons. The Morgan fingerprint density at radius 1 is 1.42 bits per heavy atom. The van der Waals surface area contributed by atoms with Gasteiger partial charge in [0.25, 0.3) is 0 Å². The van der Waals surface area contributed by atoms with E-state index in [1.54, 1.807) is 6.07 Å². The van der Waals surface area contributed by atoms with E-state index in [2.05, 4.69) is 4.90 Å². The van der Waals surface area contributed by atoms with Crippen LogP contribution in [0.3, 0.4) is 0 Å². The zero-order chi connectivity index (χ0) is 13.8. The fourth-order valence-electron chi connectivity index (χ4n) is 2.42. The lowest BCUT2D eigenvalue weighted by molar-refractivity contribution is -0.121. The second-order valence-electron chi connectivity index (χ2n) is 4.77. The Kier molecular flexibility index (Phi) is 4.16. The number of amides is 1. The van der Waals surface area contributed by atoms with Crippen LogP contribution in [0.5, 0.6) is 0 Å². The molecule has 1 atom stereocenters. The van der Waals surface area contributed by atoms with Crippen molar-refractivity contribution in [2.45, 2.75) is 13.0 Å². The average Bonchev–Trinajstić information content (AvgIpc) is 2.87. The second kappa shape index (κ2) is 5.84. The molecule has 1 aliphatic rings. The highest BCUT2D eigenvalue weighted by atomic mass is 16.5. The summed E-state index contributed by atoms with van der Waals surface area (Å²) >= 11 is 0. The first-order valence-electron chi connectivity index (χ1n) is 6.29. The number of nitrogens with zero attached hydrogens (tertiary/aromatic N) is 1. The van der Waals surface area contributed by atoms with Crippen molar-refractivity contribution in [3.8, 4) is 0 Å². The quantitative estimate of drug-likeness (QED) is 0.814. The lowest BCUT2D eigenvalue weighted by Crippen LogP contribution is -2.27. The number of methoxy groups -OCH3 is 1. The molecule has 0 aromatic heterocycles. The summed E-state index contributed by atoms with van der Waals surface area (Å²) in [4.78, 5) is 24.9. The van der Waals surface area contributed by atoms with Crippen molar-refractivity contribution in [3.05, 3.63) is 35.4 Å². The number of ether oxygens (including phenoxy) is 1. The maximum atomic E-state index is 11.7. The number of esters is 1. The fraction of sp³-hybridized carbons (Fsp3) is 0.429. The van der Waals surface area contributed by atoms with Crippen LogP contribution in [-0.4, -0.2) is 37.0 Å². The Balaban J connectivity index is 2.08. The Morgan fingerprint density at radius 3 is 2.79 bits per heavy atom. The maximum absolute atomic E-state index is 11.7. The zero-order valence-electron chi connectivity index (χ0n) is 11.0. The predicted molar refractivity (Wildman–Crippen MR) is 70.4 cm³/mol. The van der Waals surface area contributed by atoms with Crippen molar-refractivity contribution in [1.29, 1.82) is 0 Å². The fourth-order valence-corrected chi connectivity index (χ4v) is 2.42. The molecule has 1 saturated heterocycles. The van der Waals surface area contributed by atoms with Gasteiger partial charge in [0, 0.05) is 13.1 Å². The molecule has 2 N–H and O–H groups in total. The van der Waals surface area contributed by atoms with Crippen LogP contribution < -0.4 is 5.73 Å². The molecular weight excluding hydrogens is 244 g/mol. The first-order chi connectivity index (χ1) is 9.11. The SMILES string of the molecule is COC(=O)c1ccccc1CN1CCC(C(N)=O)C1. The molecule has 1 amide bonds. The molecule has 1 fully saturated rings. The molecule has 1 aromatic carbocycles. The van der Waals surface area contributed by atoms with Gasteiger partial charge in [0.2, 0.25) is 5.91 Å². The second-order valence-corrected chi connectivity index (χ2v) is 4.77. The van der Waals surface area contributed by atoms with E-state index in [9.17, 15) is 9.59 Å². The summed E-state index contributed by atoms with van der Waals surface area (Å²) in [5, 5.41) is 0. The highest BCUT2D eigenvalue weighted by molar-refractivity contribution is 5.90. The molecule has 0 spiro atoms. The molecule has 5 nitrogen and oxygen atoms in total. The van der Waals surface area contributed by atoms with Gasteiger partial charge < -0.3 is 10.5 Å². The van der Waals surface area contributed by atoms with Crippen LogP contribution in [0, 0.1) is 5.92 Å². The van der Waals surface area contributed by atoms with Crippen molar-refractivity contribution < 1.29 is 14.3 Å². The van der Waals surface area contributed by atoms with Gasteiger partial charge in [-0.15, -0.1) is 0 Å². The third-order valence-electron chi connectivity index (χ3n) is 3.49. The van der Waals surface area contributed by atoms with Crippen molar-refractivity contribution in [2.75, 3.05) is 20.2 Å². The molecule has 5 heteroatoms. The van der Waals surface area contributed by atoms with Gasteiger partial charge in [-0.25, -0.2) is 4.79 Å². The minimum absolute atomic E-state index is 0.0784. The molecule has 1 aromatic rings. The van der Waals surface area contributed by atoms with Gasteiger partial charge >= 0.3 is 5.97 Å². The van der Waals surface area contributed by atoms with Crippen LogP contribution in [0.4, 0.5) is 0 Å². The summed E-state index contributed by atoms with van der Waals surface area (Å²) in [5.41, 5.74) is 6.81. The summed E-state index contributed by atoms with van der Waals surface area (Å²) in [6.07, 6.45) is 0.787. The van der Waals surface area contributed by atoms with Gasteiger partial charge in [-0.3, -0.25) is 9.69 Å². The molecule has 1 aliphatic heterocycles. The van der Waals surface area contributed by atoms with Crippen LogP contribution in [-0.2, 0) is 16.1 Å². The summed E-state index contributed by atoms with van der Waals surface area (Å²) in [6, 6.07) is 7.36. The van der Waals surface area contributed by atoms with E-state index >= 15 is 0 Å². The topological polar surface area (TPSA) is 72.6 Å². The van der Waals surface area contributed by atoms with E-state index in [1.165, 1.54) is 7.11 Å². The van der Waals surface area contributed by atoms with E-state index in [1.807, 2.05) is 18.2 Å². The molecule has 0 saturated carbocycles. The molecule has 1 heterocycles. The molecule has 0 bridgehead atoms. The van der Waals surface area contributed by atoms with Crippen LogP contribution in [0.2, 0.25) is 0 Å². The van der Waals surface area contributed by atoms with Gasteiger partial charge in [0.15, 0.2) is 0 Å². The van der Waals surface area contributed by atoms with E-state index < -0.39 is 0 Å². The summed E-state index contributed by atoms with van der Waals surface area (Å²) in [5.74, 6) is -0.657. The molecule has 0 aliphatic carbocycles. The number of likely N-dealkylation sites (tertiary alicyclic amines) is 1. The number of carbonyl (C=O) groups excluding carboxylic acids is 2. The number of nitrogens with two attached hydrogens (primary N) is 1. The largest absolute Gasteiger partial charge is 0.465 e. The molecule has 1 unspecified atom stereocenters. The van der Waals surface area contributed by atoms with Crippen molar-refractivity contribution in [3.63, 3.8) is 0 Å². The zero-order valence-corrected chi connectivity index (χ0v) is 11.0. The van der Waals surface area contributed by atoms with Gasteiger partial charge in [-0.2, -0.15) is 0 Å². The molecule has 2 rings (SSSR count). The van der Waals surface area contributed by atoms with E-state index in [-0.39, 0.29) is 17.8 Å². The maximum Gasteiger partial charge on any atom is 0.338 e. The van der Waals surface area contributed by atoms with Crippen LogP contribution in [0.1, 0.15) is 22.3 Å². The minimum Gasteiger partial charge on any atom is -0.465 e. The third-order valence-corrected chi connectivity index (χ3v) is 3.49. The molecular formula is C14H18N2O3. The highest BCUT2D eigenvalue weighted by Crippen LogP contribution is 2.20. The first-order valence-corrected chi connectivity index (χ1v) is 6.29. The smallest absolute Gasteiger partial charge is 0.338 e. The van der Waals surface area contributed by atoms with Crippen LogP contribution in [0.15, 0.2) is 24.3 Å². The minimum atomic E-state index is -0.332. The lowest BCUT2D eigenvalue weighted by Gasteiger charge is -2.17. The van der Waals surface area contributed by atoms with Crippen LogP contribution in [0.25, 0.3) is 0 Å². The van der Waals surface area contributed by atoms with Gasteiger partial charge in [0.1, 0.15) is 0 Å². The predicted octanol–water partition coefficient (Wildman–Crippen LogP) is 0.780. The number of benzene rings is 1. The summed E-state index contributed by atoms with van der Waals surface area (Å²) in [7, 11) is 1.37. The number of hydrogen-bond donors (Lipinski definition) is 1. The summed E-state index contributed by atoms with van der Waals surface area (Å²) in [6.45, 7) is 2.11. The monoisotopic (exact) mass is 262 g/mol. The Bertz CT molecular complexity index is 487. The Hall–Kier alpha value is -1.88. The van der Waals surface area contributed by atoms with Gasteiger partial charge in [-0.1, -0.05) is 18.2 Å². The number of carbonyl (C=O) groups is 2. The molecule has 19 heavy (non-hydrogen) atoms. The van der Waals surface area contributed by atoms with Crippen LogP contribution >= 0.6 is 0 Å². The third kappa shape index (κ3) is 3.12. The van der Waals surface area contributed by atoms with Gasteiger partial charge in [0.05, 0.1) is 18.6 Å². The van der Waals surface area contributed by atoms with E-state index in [4.69, 9.17) is 10.5 Å². The van der Waals surface area contributed by atoms with Crippen molar-refractivity contribution in [1.82, 2.24) is 4.90 Å². The lowest BCUT2D eigenvalue weighted by atomic mass is 10.1. The Labute approximate surface area is 112 Å². The number of hydrogen-bond acceptors (Lipinski definition) is 4. The van der Waals surface area contributed by atoms with E-state index in [0.29, 0.717) is 18.7 Å².